The van der Waals surface area contributed by atoms with Crippen LogP contribution in [0.3, 0.4) is 0 Å². The number of benzene rings is 2. The van der Waals surface area contributed by atoms with Gasteiger partial charge in [-0.3, -0.25) is 15.1 Å². The zero-order valence-corrected chi connectivity index (χ0v) is 18.6. The Morgan fingerprint density at radius 3 is 2.68 bits per heavy atom. The summed E-state index contributed by atoms with van der Waals surface area (Å²) in [5.74, 6) is 1.02. The summed E-state index contributed by atoms with van der Waals surface area (Å²) in [6.45, 7) is 4.75. The Bertz CT molecular complexity index is 1160. The molecular weight excluding hydrogens is 434 g/mol. The first-order valence-corrected chi connectivity index (χ1v) is 10.9. The maximum absolute atomic E-state index is 12.3. The molecular formula is C23H20ClN3O3S. The number of carbonyl (C=O) groups excluding carboxylic acids is 1. The Kier molecular flexibility index (Phi) is 6.15. The van der Waals surface area contributed by atoms with Crippen LogP contribution in [-0.2, 0) is 4.79 Å². The molecule has 4 rings (SSSR count). The molecule has 0 spiro atoms. The van der Waals surface area contributed by atoms with Gasteiger partial charge < -0.3 is 9.47 Å². The zero-order valence-electron chi connectivity index (χ0n) is 17.0. The largest absolute Gasteiger partial charge is 0.490 e. The number of hydrogen-bond donors (Lipinski definition) is 1. The third-order valence-electron chi connectivity index (χ3n) is 4.72. The molecule has 0 aromatic heterocycles. The van der Waals surface area contributed by atoms with E-state index in [0.717, 1.165) is 16.9 Å². The average Bonchev–Trinajstić information content (AvgIpc) is 3.20. The van der Waals surface area contributed by atoms with Gasteiger partial charge in [0.1, 0.15) is 30.5 Å². The van der Waals surface area contributed by atoms with E-state index >= 15 is 0 Å². The number of aryl methyl sites for hydroxylation is 2. The summed E-state index contributed by atoms with van der Waals surface area (Å²) >= 11 is 7.68. The summed E-state index contributed by atoms with van der Waals surface area (Å²) in [4.78, 5) is 17.9. The fourth-order valence-corrected chi connectivity index (χ4v) is 4.04. The predicted octanol–water partition coefficient (Wildman–Crippen LogP) is 5.19. The van der Waals surface area contributed by atoms with Crippen LogP contribution >= 0.6 is 23.4 Å². The number of halogens is 1. The van der Waals surface area contributed by atoms with Gasteiger partial charge in [-0.25, -0.2) is 0 Å². The SMILES string of the molecule is Cc1ccc(C)c(OCCOc2ccc(/C=C3/C(=N)N4C=CSC4=NC3=O)cc2Cl)c1. The first kappa shape index (κ1) is 21.2. The third-order valence-corrected chi connectivity index (χ3v) is 5.77. The molecule has 8 heteroatoms. The van der Waals surface area contributed by atoms with E-state index in [1.165, 1.54) is 11.8 Å². The number of thioether (sulfide) groups is 1. The molecule has 0 bridgehead atoms. The number of aliphatic imine (C=N–C) groups is 1. The number of nitrogens with one attached hydrogen (secondary N) is 1. The Morgan fingerprint density at radius 2 is 1.90 bits per heavy atom. The first-order chi connectivity index (χ1) is 14.9. The first-order valence-electron chi connectivity index (χ1n) is 9.61. The molecule has 0 fully saturated rings. The number of hydrogen-bond acceptors (Lipinski definition) is 5. The van der Waals surface area contributed by atoms with Crippen molar-refractivity contribution >= 4 is 46.3 Å². The van der Waals surface area contributed by atoms with Crippen molar-refractivity contribution < 1.29 is 14.3 Å². The van der Waals surface area contributed by atoms with Gasteiger partial charge in [-0.2, -0.15) is 4.99 Å². The Balaban J connectivity index is 1.40. The van der Waals surface area contributed by atoms with Gasteiger partial charge in [-0.15, -0.1) is 0 Å². The number of ether oxygens (including phenoxy) is 2. The molecule has 2 heterocycles. The van der Waals surface area contributed by atoms with Crippen molar-refractivity contribution in [2.75, 3.05) is 13.2 Å². The molecule has 158 valence electrons. The summed E-state index contributed by atoms with van der Waals surface area (Å²) in [6.07, 6.45) is 3.33. The van der Waals surface area contributed by atoms with Gasteiger partial charge in [0.25, 0.3) is 5.91 Å². The molecule has 2 aromatic rings. The van der Waals surface area contributed by atoms with E-state index in [4.69, 9.17) is 26.5 Å². The highest BCUT2D eigenvalue weighted by Gasteiger charge is 2.31. The van der Waals surface area contributed by atoms with Crippen LogP contribution in [0.5, 0.6) is 11.5 Å². The van der Waals surface area contributed by atoms with Crippen molar-refractivity contribution in [2.45, 2.75) is 13.8 Å². The van der Waals surface area contributed by atoms with E-state index in [2.05, 4.69) is 4.99 Å². The van der Waals surface area contributed by atoms with Crippen LogP contribution < -0.4 is 9.47 Å². The van der Waals surface area contributed by atoms with Crippen LogP contribution in [0.1, 0.15) is 16.7 Å². The van der Waals surface area contributed by atoms with Gasteiger partial charge in [-0.05, 0) is 60.2 Å². The second kappa shape index (κ2) is 8.99. The number of fused-ring (bicyclic) bond motifs is 1. The molecule has 2 aromatic carbocycles. The second-order valence-electron chi connectivity index (χ2n) is 7.03. The highest BCUT2D eigenvalue weighted by atomic mass is 35.5. The standard InChI is InChI=1S/C23H20ClN3O3S/c1-14-3-4-15(2)20(11-14)30-9-8-29-19-6-5-16(13-18(19)24)12-17-21(25)27-7-10-31-23(27)26-22(17)28/h3-7,10-13,25H,8-9H2,1-2H3/b17-12-,25-21?. The van der Waals surface area contributed by atoms with Gasteiger partial charge in [0.15, 0.2) is 5.17 Å². The third kappa shape index (κ3) is 4.68. The molecule has 2 aliphatic rings. The van der Waals surface area contributed by atoms with E-state index in [1.54, 1.807) is 40.8 Å². The minimum absolute atomic E-state index is 0.0938. The van der Waals surface area contributed by atoms with Crippen molar-refractivity contribution in [2.24, 2.45) is 4.99 Å². The van der Waals surface area contributed by atoms with Crippen LogP contribution in [-0.4, -0.2) is 35.0 Å². The molecule has 0 saturated carbocycles. The quantitative estimate of drug-likeness (QED) is 0.481. The molecule has 31 heavy (non-hydrogen) atoms. The van der Waals surface area contributed by atoms with Gasteiger partial charge >= 0.3 is 0 Å². The lowest BCUT2D eigenvalue weighted by molar-refractivity contribution is -0.114. The molecule has 0 aliphatic carbocycles. The highest BCUT2D eigenvalue weighted by molar-refractivity contribution is 8.16. The Hall–Kier alpha value is -3.03. The minimum Gasteiger partial charge on any atom is -0.490 e. The summed E-state index contributed by atoms with van der Waals surface area (Å²) in [7, 11) is 0. The van der Waals surface area contributed by atoms with Gasteiger partial charge in [-0.1, -0.05) is 41.6 Å². The number of rotatable bonds is 6. The van der Waals surface area contributed by atoms with E-state index in [0.29, 0.717) is 34.7 Å². The predicted molar refractivity (Wildman–Crippen MR) is 125 cm³/mol. The molecule has 0 atom stereocenters. The van der Waals surface area contributed by atoms with Crippen LogP contribution in [0.2, 0.25) is 5.02 Å². The highest BCUT2D eigenvalue weighted by Crippen LogP contribution is 2.30. The van der Waals surface area contributed by atoms with Crippen molar-refractivity contribution in [3.63, 3.8) is 0 Å². The molecule has 0 radical (unpaired) electrons. The lowest BCUT2D eigenvalue weighted by atomic mass is 10.1. The smallest absolute Gasteiger partial charge is 0.283 e. The maximum Gasteiger partial charge on any atom is 0.283 e. The fourth-order valence-electron chi connectivity index (χ4n) is 3.09. The van der Waals surface area contributed by atoms with Crippen molar-refractivity contribution in [1.82, 2.24) is 4.90 Å². The summed E-state index contributed by atoms with van der Waals surface area (Å²) in [6, 6.07) is 11.3. The molecule has 2 aliphatic heterocycles. The normalized spacial score (nSPS) is 16.5. The summed E-state index contributed by atoms with van der Waals surface area (Å²) in [5.41, 5.74) is 3.11. The fraction of sp³-hybridized carbons (Fsp3) is 0.174. The van der Waals surface area contributed by atoms with Crippen LogP contribution in [0.25, 0.3) is 6.08 Å². The molecule has 0 saturated heterocycles. The molecule has 6 nitrogen and oxygen atoms in total. The second-order valence-corrected chi connectivity index (χ2v) is 8.32. The topological polar surface area (TPSA) is 75.0 Å². The van der Waals surface area contributed by atoms with E-state index in [1.807, 2.05) is 32.0 Å². The van der Waals surface area contributed by atoms with Crippen LogP contribution in [0.4, 0.5) is 0 Å². The van der Waals surface area contributed by atoms with Gasteiger partial charge in [0, 0.05) is 6.20 Å². The van der Waals surface area contributed by atoms with Crippen molar-refractivity contribution in [1.29, 1.82) is 5.41 Å². The molecule has 1 amide bonds. The lowest BCUT2D eigenvalue weighted by Crippen LogP contribution is -2.35. The number of amides is 1. The lowest BCUT2D eigenvalue weighted by Gasteiger charge is -2.22. The zero-order chi connectivity index (χ0) is 22.0. The monoisotopic (exact) mass is 453 g/mol. The number of nitrogens with zero attached hydrogens (tertiary/aromatic N) is 2. The summed E-state index contributed by atoms with van der Waals surface area (Å²) < 4.78 is 11.5. The van der Waals surface area contributed by atoms with Crippen LogP contribution in [0, 0.1) is 19.3 Å². The number of amidine groups is 2. The van der Waals surface area contributed by atoms with Crippen molar-refractivity contribution in [3.05, 3.63) is 75.3 Å². The number of carbonyl (C=O) groups is 1. The van der Waals surface area contributed by atoms with E-state index < -0.39 is 5.91 Å². The van der Waals surface area contributed by atoms with Gasteiger partial charge in [0.2, 0.25) is 0 Å². The van der Waals surface area contributed by atoms with Crippen LogP contribution in [0.15, 0.2) is 58.6 Å². The maximum atomic E-state index is 12.3. The average molecular weight is 454 g/mol. The summed E-state index contributed by atoms with van der Waals surface area (Å²) in [5, 5.41) is 11.0. The Morgan fingerprint density at radius 1 is 1.13 bits per heavy atom. The van der Waals surface area contributed by atoms with Crippen molar-refractivity contribution in [3.8, 4) is 11.5 Å². The molecule has 1 N–H and O–H groups in total. The van der Waals surface area contributed by atoms with E-state index in [9.17, 15) is 4.79 Å². The Labute approximate surface area is 189 Å². The van der Waals surface area contributed by atoms with Gasteiger partial charge in [0.05, 0.1) is 10.6 Å². The minimum atomic E-state index is -0.438. The van der Waals surface area contributed by atoms with E-state index in [-0.39, 0.29) is 11.4 Å². The molecule has 0 unspecified atom stereocenters.